The molecular weight excluding hydrogens is 737 g/mol. The lowest BCUT2D eigenvalue weighted by Gasteiger charge is -2.41. The van der Waals surface area contributed by atoms with Gasteiger partial charge in [-0.25, -0.2) is 15.0 Å². The first-order valence-corrected chi connectivity index (χ1v) is 20.3. The molecule has 0 fully saturated rings. The van der Waals surface area contributed by atoms with Crippen molar-refractivity contribution in [2.24, 2.45) is 0 Å². The van der Waals surface area contributed by atoms with E-state index in [0.717, 1.165) is 77.4 Å². The maximum absolute atomic E-state index is 6.71. The van der Waals surface area contributed by atoms with Crippen molar-refractivity contribution in [3.05, 3.63) is 193 Å². The van der Waals surface area contributed by atoms with E-state index < -0.39 is 0 Å². The number of anilines is 3. The lowest BCUT2D eigenvalue weighted by atomic mass is 9.73. The van der Waals surface area contributed by atoms with Crippen LogP contribution >= 0.6 is 0 Å². The zero-order chi connectivity index (χ0) is 40.0. The molecule has 1 aliphatic rings. The Morgan fingerprint density at radius 3 is 1.63 bits per heavy atom. The van der Waals surface area contributed by atoms with Crippen molar-refractivity contribution >= 4 is 60.9 Å². The van der Waals surface area contributed by atoms with Gasteiger partial charge in [0.15, 0.2) is 17.5 Å². The minimum atomic E-state index is -0.124. The molecule has 0 radical (unpaired) electrons. The predicted octanol–water partition coefficient (Wildman–Crippen LogP) is 14.4. The van der Waals surface area contributed by atoms with Crippen molar-refractivity contribution in [3.63, 3.8) is 0 Å². The normalized spacial score (nSPS) is 13.3. The van der Waals surface area contributed by atoms with Gasteiger partial charge in [0.1, 0.15) is 22.3 Å². The Morgan fingerprint density at radius 1 is 0.400 bits per heavy atom. The van der Waals surface area contributed by atoms with E-state index in [9.17, 15) is 0 Å². The molecule has 8 aromatic carbocycles. The third-order valence-corrected chi connectivity index (χ3v) is 12.1. The molecule has 60 heavy (non-hydrogen) atoms. The predicted molar refractivity (Wildman–Crippen MR) is 243 cm³/mol. The van der Waals surface area contributed by atoms with Crippen molar-refractivity contribution in [1.29, 1.82) is 0 Å². The van der Waals surface area contributed by atoms with Crippen LogP contribution in [0.1, 0.15) is 25.0 Å². The number of hydrogen-bond donors (Lipinski definition) is 0. The minimum Gasteiger partial charge on any atom is -0.456 e. The largest absolute Gasteiger partial charge is 0.456 e. The van der Waals surface area contributed by atoms with Crippen molar-refractivity contribution in [3.8, 4) is 45.3 Å². The van der Waals surface area contributed by atoms with E-state index in [1.54, 1.807) is 0 Å². The number of para-hydroxylation sites is 2. The summed E-state index contributed by atoms with van der Waals surface area (Å²) in [7, 11) is 0. The Kier molecular flexibility index (Phi) is 7.47. The smallest absolute Gasteiger partial charge is 0.164 e. The molecule has 0 unspecified atom stereocenters. The number of rotatable bonds is 5. The van der Waals surface area contributed by atoms with Crippen LogP contribution in [0.25, 0.3) is 89.2 Å². The highest BCUT2D eigenvalue weighted by Crippen LogP contribution is 2.52. The Balaban J connectivity index is 0.966. The van der Waals surface area contributed by atoms with Crippen LogP contribution in [0.3, 0.4) is 0 Å². The van der Waals surface area contributed by atoms with Gasteiger partial charge in [0, 0.05) is 55.4 Å². The Labute approximate surface area is 346 Å². The average Bonchev–Trinajstić information content (AvgIpc) is 3.87. The standard InChI is InChI=1S/C54H36N4O2/c1-54(2)42-19-9-11-21-44(42)58(45-22-12-10-20-43(45)54)37-26-28-39-38-27-24-36(31-48(38)60-49(39)32-37)35-25-29-46-41(30-35)50-40(18-13-23-47(50)59-46)53-56-51(33-14-5-3-6-15-33)55-52(57-53)34-16-7-4-8-17-34/h3-32H,1-2H3. The molecule has 4 heterocycles. The first-order valence-electron chi connectivity index (χ1n) is 20.3. The second-order valence-corrected chi connectivity index (χ2v) is 16.0. The SMILES string of the molecule is CC1(C)c2ccccc2N(c2ccc3c(c2)oc2cc(-c4ccc5oc6cccc(-c7nc(-c8ccccc8)nc(-c8ccccc8)n7)c6c5c4)ccc23)c2ccccc21. The molecule has 6 heteroatoms. The van der Waals surface area contributed by atoms with E-state index in [1.165, 1.54) is 22.5 Å². The molecule has 0 aliphatic carbocycles. The third kappa shape index (κ3) is 5.31. The molecule has 6 nitrogen and oxygen atoms in total. The summed E-state index contributed by atoms with van der Waals surface area (Å²) in [6.45, 7) is 4.62. The van der Waals surface area contributed by atoms with Gasteiger partial charge in [-0.05, 0) is 76.9 Å². The monoisotopic (exact) mass is 772 g/mol. The number of nitrogens with zero attached hydrogens (tertiary/aromatic N) is 4. The van der Waals surface area contributed by atoms with Crippen molar-refractivity contribution in [2.45, 2.75) is 19.3 Å². The van der Waals surface area contributed by atoms with Gasteiger partial charge < -0.3 is 13.7 Å². The van der Waals surface area contributed by atoms with E-state index in [2.05, 4.69) is 128 Å². The van der Waals surface area contributed by atoms with Gasteiger partial charge in [-0.3, -0.25) is 0 Å². The van der Waals surface area contributed by atoms with Crippen molar-refractivity contribution < 1.29 is 8.83 Å². The molecule has 1 aliphatic heterocycles. The highest BCUT2D eigenvalue weighted by molar-refractivity contribution is 6.13. The van der Waals surface area contributed by atoms with Gasteiger partial charge in [0.25, 0.3) is 0 Å². The molecule has 0 atom stereocenters. The Bertz CT molecular complexity index is 3370. The summed E-state index contributed by atoms with van der Waals surface area (Å²) < 4.78 is 13.2. The molecule has 11 aromatic rings. The van der Waals surface area contributed by atoms with Crippen LogP contribution in [0, 0.1) is 0 Å². The lowest BCUT2D eigenvalue weighted by molar-refractivity contribution is 0.632. The number of furan rings is 2. The quantitative estimate of drug-likeness (QED) is 0.174. The number of fused-ring (bicyclic) bond motifs is 8. The zero-order valence-corrected chi connectivity index (χ0v) is 32.9. The van der Waals surface area contributed by atoms with Gasteiger partial charge >= 0.3 is 0 Å². The third-order valence-electron chi connectivity index (χ3n) is 12.1. The van der Waals surface area contributed by atoms with Gasteiger partial charge in [0.05, 0.1) is 11.4 Å². The number of benzene rings is 8. The molecule has 0 bridgehead atoms. The van der Waals surface area contributed by atoms with Crippen molar-refractivity contribution in [2.75, 3.05) is 4.90 Å². The van der Waals surface area contributed by atoms with Gasteiger partial charge in [-0.15, -0.1) is 0 Å². The molecule has 284 valence electrons. The maximum Gasteiger partial charge on any atom is 0.164 e. The first kappa shape index (κ1) is 34.2. The van der Waals surface area contributed by atoms with E-state index in [1.807, 2.05) is 72.8 Å². The van der Waals surface area contributed by atoms with Gasteiger partial charge in [0.2, 0.25) is 0 Å². The van der Waals surface area contributed by atoms with Crippen LogP contribution in [0.5, 0.6) is 0 Å². The molecule has 0 amide bonds. The number of aromatic nitrogens is 3. The second kappa shape index (κ2) is 13.1. The molecule has 0 spiro atoms. The summed E-state index contributed by atoms with van der Waals surface area (Å²) in [5.74, 6) is 1.82. The molecule has 12 rings (SSSR count). The fraction of sp³-hybridized carbons (Fsp3) is 0.0556. The summed E-state index contributed by atoms with van der Waals surface area (Å²) in [6, 6.07) is 63.1. The molecule has 3 aromatic heterocycles. The lowest BCUT2D eigenvalue weighted by Crippen LogP contribution is -2.30. The topological polar surface area (TPSA) is 68.2 Å². The van der Waals surface area contributed by atoms with E-state index >= 15 is 0 Å². The highest BCUT2D eigenvalue weighted by Gasteiger charge is 2.36. The molecule has 0 saturated carbocycles. The molecular formula is C54H36N4O2. The van der Waals surface area contributed by atoms with Gasteiger partial charge in [-0.1, -0.05) is 135 Å². The Morgan fingerprint density at radius 2 is 0.950 bits per heavy atom. The minimum absolute atomic E-state index is 0.124. The summed E-state index contributed by atoms with van der Waals surface area (Å²) in [4.78, 5) is 17.4. The van der Waals surface area contributed by atoms with Crippen LogP contribution in [0.15, 0.2) is 191 Å². The molecule has 0 saturated heterocycles. The summed E-state index contributed by atoms with van der Waals surface area (Å²) >= 11 is 0. The summed E-state index contributed by atoms with van der Waals surface area (Å²) in [6.07, 6.45) is 0. The summed E-state index contributed by atoms with van der Waals surface area (Å²) in [5, 5.41) is 4.11. The highest BCUT2D eigenvalue weighted by atomic mass is 16.3. The van der Waals surface area contributed by atoms with Crippen LogP contribution in [0.2, 0.25) is 0 Å². The van der Waals surface area contributed by atoms with E-state index in [0.29, 0.717) is 17.5 Å². The van der Waals surface area contributed by atoms with E-state index in [4.69, 9.17) is 23.8 Å². The fourth-order valence-corrected chi connectivity index (χ4v) is 9.15. The Hall–Kier alpha value is -7.83. The zero-order valence-electron chi connectivity index (χ0n) is 32.9. The van der Waals surface area contributed by atoms with Crippen LogP contribution in [-0.2, 0) is 5.41 Å². The molecule has 0 N–H and O–H groups in total. The van der Waals surface area contributed by atoms with Crippen LogP contribution in [-0.4, -0.2) is 15.0 Å². The summed E-state index contributed by atoms with van der Waals surface area (Å²) in [5.41, 5.74) is 14.0. The van der Waals surface area contributed by atoms with Gasteiger partial charge in [-0.2, -0.15) is 0 Å². The average molecular weight is 773 g/mol. The van der Waals surface area contributed by atoms with Crippen LogP contribution < -0.4 is 4.90 Å². The fourth-order valence-electron chi connectivity index (χ4n) is 9.15. The van der Waals surface area contributed by atoms with Crippen molar-refractivity contribution in [1.82, 2.24) is 15.0 Å². The maximum atomic E-state index is 6.71. The van der Waals surface area contributed by atoms with E-state index in [-0.39, 0.29) is 5.41 Å². The first-order chi connectivity index (χ1) is 29.5. The second-order valence-electron chi connectivity index (χ2n) is 16.0. The van der Waals surface area contributed by atoms with Crippen LogP contribution in [0.4, 0.5) is 17.1 Å². The number of hydrogen-bond acceptors (Lipinski definition) is 6.